The van der Waals surface area contributed by atoms with Gasteiger partial charge in [-0.25, -0.2) is 4.39 Å². The Morgan fingerprint density at radius 1 is 1.27 bits per heavy atom. The van der Waals surface area contributed by atoms with E-state index in [0.29, 0.717) is 35.1 Å². The lowest BCUT2D eigenvalue weighted by Gasteiger charge is -2.23. The normalized spacial score (nSPS) is 16.1. The highest BCUT2D eigenvalue weighted by Crippen LogP contribution is 2.24. The summed E-state index contributed by atoms with van der Waals surface area (Å²) in [5.74, 6) is -0.115. The molecule has 0 saturated carbocycles. The molecule has 0 aliphatic carbocycles. The zero-order valence-corrected chi connectivity index (χ0v) is 18.4. The maximum atomic E-state index is 13.5. The van der Waals surface area contributed by atoms with Crippen molar-refractivity contribution >= 4 is 17.5 Å². The van der Waals surface area contributed by atoms with E-state index in [0.717, 1.165) is 24.9 Å². The summed E-state index contributed by atoms with van der Waals surface area (Å²) in [6.45, 7) is 3.00. The maximum Gasteiger partial charge on any atom is 0.234 e. The molecule has 1 aliphatic rings. The van der Waals surface area contributed by atoms with Crippen molar-refractivity contribution in [3.8, 4) is 11.4 Å². The predicted molar refractivity (Wildman–Crippen MR) is 120 cm³/mol. The lowest BCUT2D eigenvalue weighted by atomic mass is 10.1. The van der Waals surface area contributed by atoms with Crippen molar-refractivity contribution in [3.63, 3.8) is 0 Å². The van der Waals surface area contributed by atoms with Gasteiger partial charge < -0.3 is 15.6 Å². The third kappa shape index (κ3) is 5.43. The third-order valence-electron chi connectivity index (χ3n) is 5.81. The predicted octanol–water partition coefficient (Wildman–Crippen LogP) is 3.21. The molecule has 0 spiro atoms. The van der Waals surface area contributed by atoms with Gasteiger partial charge in [0.1, 0.15) is 5.82 Å². The minimum absolute atomic E-state index is 0.159. The van der Waals surface area contributed by atoms with E-state index in [1.165, 1.54) is 6.07 Å². The Balaban J connectivity index is 1.36. The number of carbonyl (C=O) groups excluding carboxylic acids is 2. The largest absolute Gasteiger partial charge is 0.368 e. The molecule has 33 heavy (non-hydrogen) atoms. The van der Waals surface area contributed by atoms with Crippen LogP contribution in [0.4, 0.5) is 10.1 Å². The molecule has 2 amide bonds. The summed E-state index contributed by atoms with van der Waals surface area (Å²) in [6, 6.07) is 11.8. The summed E-state index contributed by atoms with van der Waals surface area (Å²) >= 11 is 0. The standard InChI is InChI=1S/C24H26FN5O3/c1-15-13-16(8-9-18(15)25)24-28-22(33-29-24)11-10-21(31)27-19-6-3-2-5-17(19)14-30-12-4-7-20(30)23(26)32/h2-3,5-6,8-9,13,20H,4,7,10-12,14H2,1H3,(H2,26,32)(H,27,31). The van der Waals surface area contributed by atoms with E-state index in [9.17, 15) is 14.0 Å². The Bertz CT molecular complexity index is 1160. The second-order valence-corrected chi connectivity index (χ2v) is 8.21. The average Bonchev–Trinajstić information content (AvgIpc) is 3.45. The SMILES string of the molecule is Cc1cc(-c2noc(CCC(=O)Nc3ccccc3CN3CCCC3C(N)=O)n2)ccc1F. The van der Waals surface area contributed by atoms with Gasteiger partial charge in [-0.05, 0) is 61.7 Å². The first-order chi connectivity index (χ1) is 15.9. The van der Waals surface area contributed by atoms with E-state index in [1.54, 1.807) is 19.1 Å². The topological polar surface area (TPSA) is 114 Å². The molecule has 3 N–H and O–H groups in total. The van der Waals surface area contributed by atoms with Crippen molar-refractivity contribution in [1.82, 2.24) is 15.0 Å². The number of para-hydroxylation sites is 1. The highest BCUT2D eigenvalue weighted by Gasteiger charge is 2.29. The fourth-order valence-corrected chi connectivity index (χ4v) is 4.03. The first kappa shape index (κ1) is 22.6. The van der Waals surface area contributed by atoms with Crippen molar-refractivity contribution in [1.29, 1.82) is 0 Å². The highest BCUT2D eigenvalue weighted by atomic mass is 19.1. The molecule has 8 nitrogen and oxygen atoms in total. The number of nitrogens with one attached hydrogen (secondary N) is 1. The van der Waals surface area contributed by atoms with Crippen LogP contribution in [0.2, 0.25) is 0 Å². The molecule has 0 bridgehead atoms. The quantitative estimate of drug-likeness (QED) is 0.544. The van der Waals surface area contributed by atoms with Gasteiger partial charge in [0, 0.05) is 30.6 Å². The van der Waals surface area contributed by atoms with Gasteiger partial charge >= 0.3 is 0 Å². The number of halogens is 1. The van der Waals surface area contributed by atoms with Crippen LogP contribution in [0.5, 0.6) is 0 Å². The fraction of sp³-hybridized carbons (Fsp3) is 0.333. The van der Waals surface area contributed by atoms with Gasteiger partial charge in [0.25, 0.3) is 0 Å². The number of rotatable bonds is 8. The monoisotopic (exact) mass is 451 g/mol. The number of aryl methyl sites for hydroxylation is 2. The number of nitrogens with two attached hydrogens (primary N) is 1. The van der Waals surface area contributed by atoms with E-state index in [-0.39, 0.29) is 36.5 Å². The Hall–Kier alpha value is -3.59. The van der Waals surface area contributed by atoms with Gasteiger partial charge in [-0.1, -0.05) is 23.4 Å². The van der Waals surface area contributed by atoms with Crippen LogP contribution in [0.1, 0.15) is 36.3 Å². The van der Waals surface area contributed by atoms with Gasteiger partial charge in [-0.15, -0.1) is 0 Å². The molecule has 2 heterocycles. The van der Waals surface area contributed by atoms with Gasteiger partial charge in [-0.3, -0.25) is 14.5 Å². The molecule has 1 unspecified atom stereocenters. The molecule has 4 rings (SSSR count). The van der Waals surface area contributed by atoms with Gasteiger partial charge in [-0.2, -0.15) is 4.98 Å². The molecule has 1 aromatic heterocycles. The summed E-state index contributed by atoms with van der Waals surface area (Å²) in [7, 11) is 0. The Kier molecular flexibility index (Phi) is 6.79. The van der Waals surface area contributed by atoms with E-state index in [2.05, 4.69) is 15.5 Å². The lowest BCUT2D eigenvalue weighted by Crippen LogP contribution is -2.39. The molecule has 2 aromatic carbocycles. The molecule has 9 heteroatoms. The minimum atomic E-state index is -0.316. The molecule has 1 atom stereocenters. The van der Waals surface area contributed by atoms with E-state index in [4.69, 9.17) is 10.3 Å². The van der Waals surface area contributed by atoms with Crippen LogP contribution in [0, 0.1) is 12.7 Å². The number of nitrogens with zero attached hydrogens (tertiary/aromatic N) is 3. The number of aromatic nitrogens is 2. The highest BCUT2D eigenvalue weighted by molar-refractivity contribution is 5.91. The van der Waals surface area contributed by atoms with Crippen LogP contribution in [0.15, 0.2) is 47.0 Å². The number of benzene rings is 2. The summed E-state index contributed by atoms with van der Waals surface area (Å²) in [6.07, 6.45) is 2.11. The first-order valence-corrected chi connectivity index (χ1v) is 10.9. The van der Waals surface area contributed by atoms with Gasteiger partial charge in [0.15, 0.2) is 0 Å². The second-order valence-electron chi connectivity index (χ2n) is 8.21. The van der Waals surface area contributed by atoms with E-state index >= 15 is 0 Å². The number of hydrogen-bond donors (Lipinski definition) is 2. The molecular weight excluding hydrogens is 425 g/mol. The van der Waals surface area contributed by atoms with Crippen LogP contribution in [0.25, 0.3) is 11.4 Å². The van der Waals surface area contributed by atoms with Crippen molar-refractivity contribution in [2.75, 3.05) is 11.9 Å². The fourth-order valence-electron chi connectivity index (χ4n) is 4.03. The van der Waals surface area contributed by atoms with Gasteiger partial charge in [0.2, 0.25) is 23.5 Å². The molecular formula is C24H26FN5O3. The third-order valence-corrected chi connectivity index (χ3v) is 5.81. The summed E-state index contributed by atoms with van der Waals surface area (Å²) in [5, 5.41) is 6.87. The number of anilines is 1. The number of hydrogen-bond acceptors (Lipinski definition) is 6. The molecule has 3 aromatic rings. The smallest absolute Gasteiger partial charge is 0.234 e. The number of carbonyl (C=O) groups is 2. The van der Waals surface area contributed by atoms with E-state index < -0.39 is 0 Å². The van der Waals surface area contributed by atoms with Crippen molar-refractivity contribution in [2.45, 2.75) is 45.2 Å². The van der Waals surface area contributed by atoms with Crippen LogP contribution in [0.3, 0.4) is 0 Å². The number of amides is 2. The Morgan fingerprint density at radius 3 is 2.88 bits per heavy atom. The molecule has 1 saturated heterocycles. The van der Waals surface area contributed by atoms with Gasteiger partial charge in [0.05, 0.1) is 6.04 Å². The lowest BCUT2D eigenvalue weighted by molar-refractivity contribution is -0.122. The molecule has 172 valence electrons. The van der Waals surface area contributed by atoms with Crippen molar-refractivity contribution in [2.24, 2.45) is 5.73 Å². The average molecular weight is 452 g/mol. The molecule has 1 fully saturated rings. The summed E-state index contributed by atoms with van der Waals surface area (Å²) in [4.78, 5) is 30.6. The Labute approximate surface area is 191 Å². The minimum Gasteiger partial charge on any atom is -0.368 e. The van der Waals surface area contributed by atoms with Crippen LogP contribution in [-0.4, -0.2) is 39.4 Å². The summed E-state index contributed by atoms with van der Waals surface area (Å²) in [5.41, 5.74) is 8.29. The maximum absolute atomic E-state index is 13.5. The number of primary amides is 1. The first-order valence-electron chi connectivity index (χ1n) is 10.9. The van der Waals surface area contributed by atoms with E-state index in [1.807, 2.05) is 29.2 Å². The molecule has 0 radical (unpaired) electrons. The van der Waals surface area contributed by atoms with Crippen LogP contribution < -0.4 is 11.1 Å². The molecule has 1 aliphatic heterocycles. The van der Waals surface area contributed by atoms with Crippen LogP contribution in [-0.2, 0) is 22.6 Å². The second kappa shape index (κ2) is 9.91. The zero-order chi connectivity index (χ0) is 23.4. The van der Waals surface area contributed by atoms with Crippen molar-refractivity contribution in [3.05, 3.63) is 65.3 Å². The zero-order valence-electron chi connectivity index (χ0n) is 18.4. The van der Waals surface area contributed by atoms with Crippen LogP contribution >= 0.6 is 0 Å². The Morgan fingerprint density at radius 2 is 2.09 bits per heavy atom. The summed E-state index contributed by atoms with van der Waals surface area (Å²) < 4.78 is 18.7. The number of likely N-dealkylation sites (tertiary alicyclic amines) is 1. The van der Waals surface area contributed by atoms with Crippen molar-refractivity contribution < 1.29 is 18.5 Å².